The van der Waals surface area contributed by atoms with Crippen LogP contribution in [0.2, 0.25) is 0 Å². The van der Waals surface area contributed by atoms with Crippen LogP contribution in [0.25, 0.3) is 0 Å². The van der Waals surface area contributed by atoms with Gasteiger partial charge in [-0.15, -0.1) is 0 Å². The Bertz CT molecular complexity index is 588. The molecule has 132 valence electrons. The van der Waals surface area contributed by atoms with Crippen LogP contribution < -0.4 is 0 Å². The topological polar surface area (TPSA) is 66.8 Å². The molecule has 0 spiro atoms. The van der Waals surface area contributed by atoms with Crippen molar-refractivity contribution in [2.24, 2.45) is 5.92 Å². The molecule has 0 fully saturated rings. The second-order valence-corrected chi connectivity index (χ2v) is 6.36. The predicted octanol–water partition coefficient (Wildman–Crippen LogP) is 4.42. The summed E-state index contributed by atoms with van der Waals surface area (Å²) in [4.78, 5) is 11.3. The zero-order valence-corrected chi connectivity index (χ0v) is 15.1. The molecule has 0 radical (unpaired) electrons. The minimum Gasteiger partial charge on any atom is -0.508 e. The summed E-state index contributed by atoms with van der Waals surface area (Å²) >= 11 is 5.75. The Kier molecular flexibility index (Phi) is 8.02. The molecule has 0 saturated heterocycles. The van der Waals surface area contributed by atoms with Gasteiger partial charge in [-0.1, -0.05) is 49.6 Å². The van der Waals surface area contributed by atoms with E-state index in [9.17, 15) is 9.90 Å². The molecule has 1 aromatic carbocycles. The van der Waals surface area contributed by atoms with Crippen molar-refractivity contribution in [3.8, 4) is 5.75 Å². The Morgan fingerprint density at radius 1 is 1.33 bits per heavy atom. The number of phenolic OH excluding ortho intramolecular Hbond substituents is 1. The largest absolute Gasteiger partial charge is 0.508 e. The number of esters is 1. The third kappa shape index (κ3) is 6.38. The number of rotatable bonds is 4. The number of hydrogen-bond acceptors (Lipinski definition) is 4. The van der Waals surface area contributed by atoms with Crippen LogP contribution in [0.4, 0.5) is 0 Å². The lowest BCUT2D eigenvalue weighted by Gasteiger charge is -2.27. The quantitative estimate of drug-likeness (QED) is 0.478. The van der Waals surface area contributed by atoms with Gasteiger partial charge in [-0.2, -0.15) is 0 Å². The third-order valence-electron chi connectivity index (χ3n) is 3.81. The first-order chi connectivity index (χ1) is 11.3. The van der Waals surface area contributed by atoms with Gasteiger partial charge < -0.3 is 14.9 Å². The maximum atomic E-state index is 11.3. The normalized spacial score (nSPS) is 22.2. The zero-order chi connectivity index (χ0) is 18.2. The van der Waals surface area contributed by atoms with E-state index in [2.05, 4.69) is 0 Å². The Balaban J connectivity index is 0.000000254. The molecule has 4 nitrogen and oxygen atoms in total. The van der Waals surface area contributed by atoms with Crippen molar-refractivity contribution in [2.45, 2.75) is 38.7 Å². The number of aliphatic hydroxyl groups is 1. The second kappa shape index (κ2) is 9.50. The fraction of sp³-hybridized carbons (Fsp3) is 0.421. The number of carbonyl (C=O) groups is 1. The monoisotopic (exact) mass is 352 g/mol. The molecule has 0 heterocycles. The summed E-state index contributed by atoms with van der Waals surface area (Å²) < 4.78 is 4.99. The van der Waals surface area contributed by atoms with Crippen LogP contribution in [0, 0.1) is 5.92 Å². The second-order valence-electron chi connectivity index (χ2n) is 5.76. The molecule has 1 aliphatic carbocycles. The number of allylic oxidation sites excluding steroid dienone is 2. The van der Waals surface area contributed by atoms with Crippen LogP contribution >= 0.6 is 11.6 Å². The Labute approximate surface area is 148 Å². The van der Waals surface area contributed by atoms with Gasteiger partial charge in [0.1, 0.15) is 5.75 Å². The van der Waals surface area contributed by atoms with Gasteiger partial charge in [0.25, 0.3) is 0 Å². The van der Waals surface area contributed by atoms with E-state index in [1.54, 1.807) is 24.3 Å². The van der Waals surface area contributed by atoms with Crippen molar-refractivity contribution >= 4 is 17.6 Å². The molecule has 24 heavy (non-hydrogen) atoms. The standard InChI is InChI=1S/C11H14O3.C8H11ClO/c1-2-3-8-14-11(13)9-4-6-10(12)7-5-9;1-6-4-3-5-8(9,10)7(6)2/h4-7,12H,2-3,8H2,1H3;3-5,7,10H,1-2H3. The first-order valence-corrected chi connectivity index (χ1v) is 8.39. The summed E-state index contributed by atoms with van der Waals surface area (Å²) in [6.45, 7) is 6.36. The summed E-state index contributed by atoms with van der Waals surface area (Å²) in [5.74, 6) is -0.173. The van der Waals surface area contributed by atoms with E-state index in [0.29, 0.717) is 12.2 Å². The molecule has 2 unspecified atom stereocenters. The average Bonchev–Trinajstić information content (AvgIpc) is 2.54. The fourth-order valence-electron chi connectivity index (χ4n) is 1.93. The molecule has 5 heteroatoms. The highest BCUT2D eigenvalue weighted by molar-refractivity contribution is 6.24. The molecule has 0 aliphatic heterocycles. The Morgan fingerprint density at radius 2 is 1.96 bits per heavy atom. The number of ether oxygens (including phenoxy) is 1. The molecule has 0 bridgehead atoms. The van der Waals surface area contributed by atoms with Gasteiger partial charge in [0.15, 0.2) is 5.06 Å². The maximum absolute atomic E-state index is 11.3. The molecule has 0 saturated carbocycles. The first-order valence-electron chi connectivity index (χ1n) is 8.01. The van der Waals surface area contributed by atoms with E-state index < -0.39 is 5.06 Å². The minimum absolute atomic E-state index is 0.0131. The third-order valence-corrected chi connectivity index (χ3v) is 4.27. The van der Waals surface area contributed by atoms with Crippen LogP contribution in [0.3, 0.4) is 0 Å². The van der Waals surface area contributed by atoms with Crippen LogP contribution in [0.15, 0.2) is 48.1 Å². The van der Waals surface area contributed by atoms with Gasteiger partial charge in [0.05, 0.1) is 12.2 Å². The summed E-state index contributed by atoms with van der Waals surface area (Å²) in [5, 5.41) is 17.3. The molecular weight excluding hydrogens is 328 g/mol. The van der Waals surface area contributed by atoms with Crippen molar-refractivity contribution in [1.82, 2.24) is 0 Å². The number of aromatic hydroxyl groups is 1. The van der Waals surface area contributed by atoms with Gasteiger partial charge in [-0.25, -0.2) is 4.79 Å². The lowest BCUT2D eigenvalue weighted by molar-refractivity contribution is 0.0499. The van der Waals surface area contributed by atoms with Crippen LogP contribution in [-0.2, 0) is 4.74 Å². The van der Waals surface area contributed by atoms with E-state index in [-0.39, 0.29) is 17.6 Å². The molecule has 2 N–H and O–H groups in total. The van der Waals surface area contributed by atoms with E-state index in [1.165, 1.54) is 12.1 Å². The average molecular weight is 353 g/mol. The summed E-state index contributed by atoms with van der Waals surface area (Å²) in [6, 6.07) is 6.03. The molecule has 2 atom stereocenters. The van der Waals surface area contributed by atoms with E-state index in [0.717, 1.165) is 18.4 Å². The van der Waals surface area contributed by atoms with E-state index in [4.69, 9.17) is 21.4 Å². The maximum Gasteiger partial charge on any atom is 0.338 e. The summed E-state index contributed by atoms with van der Waals surface area (Å²) in [5.41, 5.74) is 1.58. The van der Waals surface area contributed by atoms with Crippen molar-refractivity contribution in [2.75, 3.05) is 6.61 Å². The minimum atomic E-state index is -1.17. The van der Waals surface area contributed by atoms with Gasteiger partial charge in [0.2, 0.25) is 0 Å². The fourth-order valence-corrected chi connectivity index (χ4v) is 2.18. The first kappa shape index (κ1) is 20.3. The van der Waals surface area contributed by atoms with Crippen molar-refractivity contribution in [3.63, 3.8) is 0 Å². The van der Waals surface area contributed by atoms with Crippen molar-refractivity contribution < 1.29 is 19.7 Å². The Morgan fingerprint density at radius 3 is 2.46 bits per heavy atom. The number of hydrogen-bond donors (Lipinski definition) is 2. The number of phenols is 1. The van der Waals surface area contributed by atoms with Gasteiger partial charge in [0, 0.05) is 5.92 Å². The highest BCUT2D eigenvalue weighted by Gasteiger charge is 2.30. The van der Waals surface area contributed by atoms with Gasteiger partial charge in [-0.05, 0) is 43.7 Å². The van der Waals surface area contributed by atoms with E-state index in [1.807, 2.05) is 26.8 Å². The molecule has 0 aromatic heterocycles. The molecule has 2 rings (SSSR count). The molecule has 1 aromatic rings. The van der Waals surface area contributed by atoms with Crippen molar-refractivity contribution in [3.05, 3.63) is 53.6 Å². The lowest BCUT2D eigenvalue weighted by atomic mass is 9.92. The Hall–Kier alpha value is -1.78. The van der Waals surface area contributed by atoms with Crippen LogP contribution in [-0.4, -0.2) is 27.8 Å². The molecular formula is C19H25ClO4. The summed E-state index contributed by atoms with van der Waals surface area (Å²) in [7, 11) is 0. The van der Waals surface area contributed by atoms with E-state index >= 15 is 0 Å². The lowest BCUT2D eigenvalue weighted by Crippen LogP contribution is -2.29. The highest BCUT2D eigenvalue weighted by Crippen LogP contribution is 2.32. The SMILES string of the molecule is CC1=CC=CC(O)(Cl)C1C.CCCCOC(=O)c1ccc(O)cc1. The predicted molar refractivity (Wildman–Crippen MR) is 96.2 cm³/mol. The summed E-state index contributed by atoms with van der Waals surface area (Å²) in [6.07, 6.45) is 7.22. The smallest absolute Gasteiger partial charge is 0.338 e. The van der Waals surface area contributed by atoms with Crippen LogP contribution in [0.1, 0.15) is 44.0 Å². The van der Waals surface area contributed by atoms with Gasteiger partial charge in [-0.3, -0.25) is 0 Å². The number of halogens is 1. The number of benzene rings is 1. The zero-order valence-electron chi connectivity index (χ0n) is 14.3. The molecule has 1 aliphatic rings. The van der Waals surface area contributed by atoms with Crippen molar-refractivity contribution in [1.29, 1.82) is 0 Å². The highest BCUT2D eigenvalue weighted by atomic mass is 35.5. The van der Waals surface area contributed by atoms with Gasteiger partial charge >= 0.3 is 5.97 Å². The number of carbonyl (C=O) groups excluding carboxylic acids is 1. The molecule has 0 amide bonds. The van der Waals surface area contributed by atoms with Crippen LogP contribution in [0.5, 0.6) is 5.75 Å². The number of alkyl halides is 1. The number of unbranched alkanes of at least 4 members (excludes halogenated alkanes) is 1.